The van der Waals surface area contributed by atoms with Crippen LogP contribution in [-0.2, 0) is 0 Å². The van der Waals surface area contributed by atoms with Crippen LogP contribution in [-0.4, -0.2) is 25.6 Å². The molecular weight excluding hydrogens is 284 g/mol. The fourth-order valence-corrected chi connectivity index (χ4v) is 2.91. The molecule has 1 fully saturated rings. The van der Waals surface area contributed by atoms with Gasteiger partial charge < -0.3 is 16.0 Å². The maximum Gasteiger partial charge on any atom is 0.193 e. The Kier molecular flexibility index (Phi) is 4.81. The van der Waals surface area contributed by atoms with Gasteiger partial charge in [-0.15, -0.1) is 0 Å². The van der Waals surface area contributed by atoms with E-state index in [1.165, 1.54) is 11.3 Å². The Morgan fingerprint density at radius 2 is 1.91 bits per heavy atom. The van der Waals surface area contributed by atoms with Crippen molar-refractivity contribution in [3.63, 3.8) is 0 Å². The molecule has 2 aromatic rings. The SMILES string of the molecule is Cc1ccc(NC(N)=NCC2CCN(c3ccccc3)C2)cc1. The molecule has 2 aromatic carbocycles. The van der Waals surface area contributed by atoms with Crippen LogP contribution in [0.25, 0.3) is 0 Å². The van der Waals surface area contributed by atoms with E-state index in [-0.39, 0.29) is 0 Å². The summed E-state index contributed by atoms with van der Waals surface area (Å²) in [6.07, 6.45) is 1.16. The number of benzene rings is 2. The number of nitrogens with zero attached hydrogens (tertiary/aromatic N) is 2. The molecule has 0 spiro atoms. The van der Waals surface area contributed by atoms with Crippen LogP contribution in [0.2, 0.25) is 0 Å². The zero-order valence-electron chi connectivity index (χ0n) is 13.6. The Labute approximate surface area is 138 Å². The first-order valence-corrected chi connectivity index (χ1v) is 8.14. The van der Waals surface area contributed by atoms with E-state index in [2.05, 4.69) is 64.6 Å². The number of rotatable bonds is 4. The second-order valence-corrected chi connectivity index (χ2v) is 6.15. The molecule has 120 valence electrons. The molecule has 4 heteroatoms. The third kappa shape index (κ3) is 4.25. The molecule has 1 saturated heterocycles. The first-order valence-electron chi connectivity index (χ1n) is 8.14. The van der Waals surface area contributed by atoms with Gasteiger partial charge in [0.15, 0.2) is 5.96 Å². The summed E-state index contributed by atoms with van der Waals surface area (Å²) in [6.45, 7) is 4.98. The van der Waals surface area contributed by atoms with Crippen LogP contribution in [0.1, 0.15) is 12.0 Å². The van der Waals surface area contributed by atoms with Gasteiger partial charge in [0.05, 0.1) is 0 Å². The van der Waals surface area contributed by atoms with Crippen molar-refractivity contribution in [2.45, 2.75) is 13.3 Å². The number of para-hydroxylation sites is 1. The second kappa shape index (κ2) is 7.18. The number of anilines is 2. The van der Waals surface area contributed by atoms with Gasteiger partial charge in [0.1, 0.15) is 0 Å². The standard InChI is InChI=1S/C19H24N4/c1-15-7-9-17(10-8-15)22-19(20)21-13-16-11-12-23(14-16)18-5-3-2-4-6-18/h2-10,16H,11-14H2,1H3,(H3,20,21,22). The third-order valence-electron chi connectivity index (χ3n) is 4.25. The molecule has 0 aromatic heterocycles. The molecule has 0 amide bonds. The molecule has 3 N–H and O–H groups in total. The zero-order chi connectivity index (χ0) is 16.1. The molecule has 0 aliphatic carbocycles. The van der Waals surface area contributed by atoms with Crippen molar-refractivity contribution >= 4 is 17.3 Å². The minimum Gasteiger partial charge on any atom is -0.371 e. The average molecular weight is 308 g/mol. The van der Waals surface area contributed by atoms with E-state index in [1.54, 1.807) is 0 Å². The van der Waals surface area contributed by atoms with Gasteiger partial charge >= 0.3 is 0 Å². The highest BCUT2D eigenvalue weighted by Gasteiger charge is 2.22. The summed E-state index contributed by atoms with van der Waals surface area (Å²) in [5.41, 5.74) is 9.50. The second-order valence-electron chi connectivity index (χ2n) is 6.15. The number of aliphatic imine (C=N–C) groups is 1. The van der Waals surface area contributed by atoms with Crippen molar-refractivity contribution in [3.8, 4) is 0 Å². The number of hydrogen-bond acceptors (Lipinski definition) is 2. The lowest BCUT2D eigenvalue weighted by molar-refractivity contribution is 0.603. The van der Waals surface area contributed by atoms with Crippen LogP contribution in [0.3, 0.4) is 0 Å². The minimum absolute atomic E-state index is 0.493. The Balaban J connectivity index is 1.51. The van der Waals surface area contributed by atoms with Gasteiger partial charge in [0.25, 0.3) is 0 Å². The molecule has 1 aliphatic rings. The van der Waals surface area contributed by atoms with E-state index in [4.69, 9.17) is 5.73 Å². The van der Waals surface area contributed by atoms with Crippen LogP contribution in [0.5, 0.6) is 0 Å². The lowest BCUT2D eigenvalue weighted by Crippen LogP contribution is -2.25. The van der Waals surface area contributed by atoms with Crippen LogP contribution >= 0.6 is 0 Å². The maximum absolute atomic E-state index is 5.99. The predicted octanol–water partition coefficient (Wildman–Crippen LogP) is 3.25. The van der Waals surface area contributed by atoms with E-state index in [9.17, 15) is 0 Å². The summed E-state index contributed by atoms with van der Waals surface area (Å²) >= 11 is 0. The van der Waals surface area contributed by atoms with Crippen LogP contribution in [0.15, 0.2) is 59.6 Å². The highest BCUT2D eigenvalue weighted by Crippen LogP contribution is 2.23. The van der Waals surface area contributed by atoms with Crippen LogP contribution in [0.4, 0.5) is 11.4 Å². The van der Waals surface area contributed by atoms with Crippen molar-refractivity contribution in [1.82, 2.24) is 0 Å². The summed E-state index contributed by atoms with van der Waals surface area (Å²) in [6, 6.07) is 18.7. The van der Waals surface area contributed by atoms with Crippen molar-refractivity contribution in [2.24, 2.45) is 16.6 Å². The minimum atomic E-state index is 0.493. The number of aryl methyl sites for hydroxylation is 1. The zero-order valence-corrected chi connectivity index (χ0v) is 13.6. The van der Waals surface area contributed by atoms with Crippen molar-refractivity contribution < 1.29 is 0 Å². The maximum atomic E-state index is 5.99. The Morgan fingerprint density at radius 1 is 1.17 bits per heavy atom. The molecule has 0 saturated carbocycles. The molecule has 1 aliphatic heterocycles. The monoisotopic (exact) mass is 308 g/mol. The average Bonchev–Trinajstić information content (AvgIpc) is 3.05. The molecule has 1 atom stereocenters. The van der Waals surface area contributed by atoms with E-state index in [1.807, 2.05) is 12.1 Å². The molecule has 4 nitrogen and oxygen atoms in total. The van der Waals surface area contributed by atoms with Gasteiger partial charge in [-0.3, -0.25) is 4.99 Å². The van der Waals surface area contributed by atoms with Gasteiger partial charge in [-0.1, -0.05) is 35.9 Å². The lowest BCUT2D eigenvalue weighted by atomic mass is 10.1. The van der Waals surface area contributed by atoms with E-state index in [0.717, 1.165) is 31.7 Å². The Morgan fingerprint density at radius 3 is 2.65 bits per heavy atom. The number of nitrogens with one attached hydrogen (secondary N) is 1. The Hall–Kier alpha value is -2.49. The summed E-state index contributed by atoms with van der Waals surface area (Å²) in [5.74, 6) is 1.06. The largest absolute Gasteiger partial charge is 0.371 e. The predicted molar refractivity (Wildman–Crippen MR) is 98.1 cm³/mol. The van der Waals surface area contributed by atoms with Gasteiger partial charge in [-0.05, 0) is 43.5 Å². The first kappa shape index (κ1) is 15.4. The summed E-state index contributed by atoms with van der Waals surface area (Å²) in [4.78, 5) is 6.93. The highest BCUT2D eigenvalue weighted by molar-refractivity contribution is 5.92. The Bertz CT molecular complexity index is 649. The topological polar surface area (TPSA) is 53.6 Å². The molecule has 0 radical (unpaired) electrons. The number of hydrogen-bond donors (Lipinski definition) is 2. The van der Waals surface area contributed by atoms with Gasteiger partial charge in [-0.25, -0.2) is 0 Å². The molecular formula is C19H24N4. The van der Waals surface area contributed by atoms with Crippen molar-refractivity contribution in [3.05, 3.63) is 60.2 Å². The number of nitrogens with two attached hydrogens (primary N) is 1. The van der Waals surface area contributed by atoms with Crippen molar-refractivity contribution in [1.29, 1.82) is 0 Å². The first-order chi connectivity index (χ1) is 11.2. The van der Waals surface area contributed by atoms with E-state index in [0.29, 0.717) is 11.9 Å². The van der Waals surface area contributed by atoms with Crippen LogP contribution in [0, 0.1) is 12.8 Å². The third-order valence-corrected chi connectivity index (χ3v) is 4.25. The van der Waals surface area contributed by atoms with E-state index < -0.39 is 0 Å². The molecule has 1 heterocycles. The van der Waals surface area contributed by atoms with Gasteiger partial charge in [0, 0.05) is 31.0 Å². The number of guanidine groups is 1. The van der Waals surface area contributed by atoms with Gasteiger partial charge in [0.2, 0.25) is 0 Å². The molecule has 23 heavy (non-hydrogen) atoms. The molecule has 1 unspecified atom stereocenters. The van der Waals surface area contributed by atoms with Gasteiger partial charge in [-0.2, -0.15) is 0 Å². The fraction of sp³-hybridized carbons (Fsp3) is 0.316. The van der Waals surface area contributed by atoms with Crippen LogP contribution < -0.4 is 16.0 Å². The van der Waals surface area contributed by atoms with Crippen molar-refractivity contribution in [2.75, 3.05) is 29.9 Å². The lowest BCUT2D eigenvalue weighted by Gasteiger charge is -2.18. The van der Waals surface area contributed by atoms with E-state index >= 15 is 0 Å². The molecule has 3 rings (SSSR count). The summed E-state index contributed by atoms with van der Waals surface area (Å²) in [5, 5.41) is 3.15. The normalized spacial score (nSPS) is 18.2. The smallest absolute Gasteiger partial charge is 0.193 e. The fourth-order valence-electron chi connectivity index (χ4n) is 2.91. The highest BCUT2D eigenvalue weighted by atomic mass is 15.2. The summed E-state index contributed by atoms with van der Waals surface area (Å²) < 4.78 is 0. The quantitative estimate of drug-likeness (QED) is 0.673. The molecule has 0 bridgehead atoms. The summed E-state index contributed by atoms with van der Waals surface area (Å²) in [7, 11) is 0.